The van der Waals surface area contributed by atoms with Gasteiger partial charge in [0.1, 0.15) is 11.8 Å². The maximum absolute atomic E-state index is 11.1. The standard InChI is InChI=1S/C14H21NO3S/c1-11-4-3-5-12(10-11)18-7-9-19-8-6-13(15)14(16)17-2/h3-5,10,13H,6-9,15H2,1-2H3. The Labute approximate surface area is 118 Å². The number of benzene rings is 1. The highest BCUT2D eigenvalue weighted by molar-refractivity contribution is 7.99. The third kappa shape index (κ3) is 6.50. The molecule has 1 aromatic carbocycles. The fraction of sp³-hybridized carbons (Fsp3) is 0.500. The van der Waals surface area contributed by atoms with Crippen LogP contribution in [-0.2, 0) is 9.53 Å². The van der Waals surface area contributed by atoms with Gasteiger partial charge in [0.25, 0.3) is 0 Å². The van der Waals surface area contributed by atoms with E-state index in [9.17, 15) is 4.79 Å². The molecule has 0 aliphatic heterocycles. The summed E-state index contributed by atoms with van der Waals surface area (Å²) in [5.41, 5.74) is 6.82. The molecule has 0 saturated carbocycles. The molecule has 0 aromatic heterocycles. The van der Waals surface area contributed by atoms with Crippen LogP contribution in [0.4, 0.5) is 0 Å². The summed E-state index contributed by atoms with van der Waals surface area (Å²) < 4.78 is 10.2. The summed E-state index contributed by atoms with van der Waals surface area (Å²) in [4.78, 5) is 11.1. The third-order valence-corrected chi connectivity index (χ3v) is 3.54. The van der Waals surface area contributed by atoms with Gasteiger partial charge in [0.05, 0.1) is 13.7 Å². The van der Waals surface area contributed by atoms with E-state index in [0.29, 0.717) is 13.0 Å². The Morgan fingerprint density at radius 1 is 1.42 bits per heavy atom. The van der Waals surface area contributed by atoms with E-state index in [1.54, 1.807) is 11.8 Å². The molecule has 0 aliphatic carbocycles. The molecule has 19 heavy (non-hydrogen) atoms. The van der Waals surface area contributed by atoms with E-state index in [1.807, 2.05) is 31.2 Å². The molecule has 2 N–H and O–H groups in total. The smallest absolute Gasteiger partial charge is 0.322 e. The van der Waals surface area contributed by atoms with Crippen LogP contribution in [0, 0.1) is 6.92 Å². The van der Waals surface area contributed by atoms with Crippen molar-refractivity contribution >= 4 is 17.7 Å². The van der Waals surface area contributed by atoms with Gasteiger partial charge < -0.3 is 15.2 Å². The van der Waals surface area contributed by atoms with E-state index in [0.717, 1.165) is 17.3 Å². The normalized spacial score (nSPS) is 11.9. The highest BCUT2D eigenvalue weighted by atomic mass is 32.2. The van der Waals surface area contributed by atoms with Crippen LogP contribution >= 0.6 is 11.8 Å². The summed E-state index contributed by atoms with van der Waals surface area (Å²) in [6, 6.07) is 7.46. The van der Waals surface area contributed by atoms with Crippen LogP contribution in [0.25, 0.3) is 0 Å². The van der Waals surface area contributed by atoms with E-state index in [2.05, 4.69) is 4.74 Å². The second-order valence-electron chi connectivity index (χ2n) is 4.20. The minimum Gasteiger partial charge on any atom is -0.493 e. The zero-order valence-electron chi connectivity index (χ0n) is 11.4. The summed E-state index contributed by atoms with van der Waals surface area (Å²) in [5, 5.41) is 0. The van der Waals surface area contributed by atoms with E-state index in [1.165, 1.54) is 12.7 Å². The van der Waals surface area contributed by atoms with Gasteiger partial charge in [-0.15, -0.1) is 0 Å². The number of carbonyl (C=O) groups is 1. The van der Waals surface area contributed by atoms with Crippen molar-refractivity contribution in [2.24, 2.45) is 5.73 Å². The average molecular weight is 283 g/mol. The highest BCUT2D eigenvalue weighted by Crippen LogP contribution is 2.13. The lowest BCUT2D eigenvalue weighted by Gasteiger charge is -2.09. The van der Waals surface area contributed by atoms with E-state index in [4.69, 9.17) is 10.5 Å². The molecule has 0 heterocycles. The summed E-state index contributed by atoms with van der Waals surface area (Å²) in [7, 11) is 1.35. The summed E-state index contributed by atoms with van der Waals surface area (Å²) in [6.45, 7) is 2.69. The van der Waals surface area contributed by atoms with Crippen molar-refractivity contribution < 1.29 is 14.3 Å². The molecule has 0 aliphatic rings. The number of hydrogen-bond donors (Lipinski definition) is 1. The molecule has 1 atom stereocenters. The van der Waals surface area contributed by atoms with E-state index in [-0.39, 0.29) is 5.97 Å². The molecule has 0 bridgehead atoms. The van der Waals surface area contributed by atoms with Crippen LogP contribution in [0.1, 0.15) is 12.0 Å². The predicted octanol–water partition coefficient (Wildman–Crippen LogP) is 2.00. The van der Waals surface area contributed by atoms with Crippen molar-refractivity contribution in [3.63, 3.8) is 0 Å². The first-order valence-electron chi connectivity index (χ1n) is 6.24. The molecule has 0 spiro atoms. The zero-order valence-corrected chi connectivity index (χ0v) is 12.2. The lowest BCUT2D eigenvalue weighted by molar-refractivity contribution is -0.142. The van der Waals surface area contributed by atoms with Crippen LogP contribution in [-0.4, -0.2) is 37.2 Å². The number of esters is 1. The molecule has 5 heteroatoms. The second-order valence-corrected chi connectivity index (χ2v) is 5.42. The van der Waals surface area contributed by atoms with Crippen molar-refractivity contribution in [3.8, 4) is 5.75 Å². The molecule has 1 rings (SSSR count). The third-order valence-electron chi connectivity index (χ3n) is 2.56. The first kappa shape index (κ1) is 15.9. The number of thioether (sulfide) groups is 1. The van der Waals surface area contributed by atoms with Gasteiger partial charge in [-0.2, -0.15) is 11.8 Å². The zero-order chi connectivity index (χ0) is 14.1. The second kappa shape index (κ2) is 8.82. The number of rotatable bonds is 8. The van der Waals surface area contributed by atoms with Crippen LogP contribution in [0.2, 0.25) is 0 Å². The Kier molecular flexibility index (Phi) is 7.36. The molecule has 1 unspecified atom stereocenters. The van der Waals surface area contributed by atoms with Gasteiger partial charge in [0.2, 0.25) is 0 Å². The van der Waals surface area contributed by atoms with Gasteiger partial charge in [-0.25, -0.2) is 0 Å². The number of nitrogens with two attached hydrogens (primary N) is 1. The molecule has 0 radical (unpaired) electrons. The molecule has 106 valence electrons. The molecule has 0 amide bonds. The van der Waals surface area contributed by atoms with Crippen molar-refractivity contribution in [1.82, 2.24) is 0 Å². The minimum absolute atomic E-state index is 0.350. The molecular weight excluding hydrogens is 262 g/mol. The van der Waals surface area contributed by atoms with Crippen LogP contribution in [0.15, 0.2) is 24.3 Å². The van der Waals surface area contributed by atoms with Crippen LogP contribution < -0.4 is 10.5 Å². The van der Waals surface area contributed by atoms with Gasteiger partial charge >= 0.3 is 5.97 Å². The molecule has 1 aromatic rings. The average Bonchev–Trinajstić information content (AvgIpc) is 2.41. The first-order valence-corrected chi connectivity index (χ1v) is 7.39. The number of aryl methyl sites for hydroxylation is 1. The van der Waals surface area contributed by atoms with Crippen molar-refractivity contribution in [3.05, 3.63) is 29.8 Å². The van der Waals surface area contributed by atoms with Gasteiger partial charge in [-0.1, -0.05) is 12.1 Å². The topological polar surface area (TPSA) is 61.5 Å². The lowest BCUT2D eigenvalue weighted by Crippen LogP contribution is -2.32. The van der Waals surface area contributed by atoms with Crippen molar-refractivity contribution in [2.75, 3.05) is 25.2 Å². The molecule has 0 saturated heterocycles. The Hall–Kier alpha value is -1.20. The Balaban J connectivity index is 2.07. The molecule has 0 fully saturated rings. The maximum atomic E-state index is 11.1. The lowest BCUT2D eigenvalue weighted by atomic mass is 10.2. The van der Waals surface area contributed by atoms with E-state index < -0.39 is 6.04 Å². The van der Waals surface area contributed by atoms with Gasteiger partial charge in [0.15, 0.2) is 0 Å². The number of methoxy groups -OCH3 is 1. The van der Waals surface area contributed by atoms with Gasteiger partial charge in [0, 0.05) is 5.75 Å². The maximum Gasteiger partial charge on any atom is 0.322 e. The SMILES string of the molecule is COC(=O)C(N)CCSCCOc1cccc(C)c1. The monoisotopic (exact) mass is 283 g/mol. The minimum atomic E-state index is -0.518. The van der Waals surface area contributed by atoms with Gasteiger partial charge in [-0.05, 0) is 36.8 Å². The number of ether oxygens (including phenoxy) is 2. The summed E-state index contributed by atoms with van der Waals surface area (Å²) in [6.07, 6.45) is 0.627. The van der Waals surface area contributed by atoms with Crippen molar-refractivity contribution in [1.29, 1.82) is 0 Å². The fourth-order valence-corrected chi connectivity index (χ4v) is 2.33. The Bertz CT molecular complexity index is 398. The predicted molar refractivity (Wildman–Crippen MR) is 78.6 cm³/mol. The largest absolute Gasteiger partial charge is 0.493 e. The number of hydrogen-bond acceptors (Lipinski definition) is 5. The molecular formula is C14H21NO3S. The van der Waals surface area contributed by atoms with Crippen molar-refractivity contribution in [2.45, 2.75) is 19.4 Å². The quantitative estimate of drug-likeness (QED) is 0.584. The first-order chi connectivity index (χ1) is 9.13. The van der Waals surface area contributed by atoms with Crippen LogP contribution in [0.3, 0.4) is 0 Å². The van der Waals surface area contributed by atoms with Gasteiger partial charge in [-0.3, -0.25) is 4.79 Å². The Morgan fingerprint density at radius 3 is 2.89 bits per heavy atom. The van der Waals surface area contributed by atoms with E-state index >= 15 is 0 Å². The fourth-order valence-electron chi connectivity index (χ4n) is 1.51. The summed E-state index contributed by atoms with van der Waals surface area (Å²) >= 11 is 1.72. The molecule has 4 nitrogen and oxygen atoms in total. The summed E-state index contributed by atoms with van der Waals surface area (Å²) in [5.74, 6) is 2.25. The Morgan fingerprint density at radius 2 is 2.21 bits per heavy atom. The highest BCUT2D eigenvalue weighted by Gasteiger charge is 2.12. The number of carbonyl (C=O) groups excluding carboxylic acids is 1. The van der Waals surface area contributed by atoms with Crippen LogP contribution in [0.5, 0.6) is 5.75 Å².